The van der Waals surface area contributed by atoms with Crippen LogP contribution in [0.15, 0.2) is 77.7 Å². The molecule has 1 amide bonds. The number of anilines is 2. The van der Waals surface area contributed by atoms with Crippen LogP contribution in [0.4, 0.5) is 17.1 Å². The monoisotopic (exact) mass is 439 g/mol. The SMILES string of the molecule is CN(Cc1ccccc1)c1ccccc1NC(=O)c1cc([N+](=O)[O-])cc(S(C)(=O)=O)c1. The fourth-order valence-electron chi connectivity index (χ4n) is 3.08. The van der Waals surface area contributed by atoms with Crippen LogP contribution in [0.1, 0.15) is 15.9 Å². The first-order valence-electron chi connectivity index (χ1n) is 9.30. The van der Waals surface area contributed by atoms with Crippen molar-refractivity contribution >= 4 is 32.8 Å². The number of nitro benzene ring substituents is 1. The fourth-order valence-corrected chi connectivity index (χ4v) is 3.76. The summed E-state index contributed by atoms with van der Waals surface area (Å²) in [6.07, 6.45) is 0.932. The Kier molecular flexibility index (Phi) is 6.36. The molecule has 0 bridgehead atoms. The minimum absolute atomic E-state index is 0.116. The number of carbonyl (C=O) groups excluding carboxylic acids is 1. The molecule has 3 aromatic carbocycles. The molecule has 0 atom stereocenters. The van der Waals surface area contributed by atoms with E-state index < -0.39 is 26.4 Å². The summed E-state index contributed by atoms with van der Waals surface area (Å²) in [6, 6.07) is 20.1. The lowest BCUT2D eigenvalue weighted by Crippen LogP contribution is -2.20. The number of carbonyl (C=O) groups is 1. The van der Waals surface area contributed by atoms with Crippen molar-refractivity contribution in [2.75, 3.05) is 23.5 Å². The number of hydrogen-bond acceptors (Lipinski definition) is 6. The first-order valence-corrected chi connectivity index (χ1v) is 11.2. The summed E-state index contributed by atoms with van der Waals surface area (Å²) in [5.41, 5.74) is 1.74. The number of nitro groups is 1. The zero-order chi connectivity index (χ0) is 22.6. The number of non-ortho nitro benzene ring substituents is 1. The molecule has 0 unspecified atom stereocenters. The number of benzene rings is 3. The maximum absolute atomic E-state index is 12.9. The number of amides is 1. The third kappa shape index (κ3) is 5.46. The topological polar surface area (TPSA) is 110 Å². The second-order valence-electron chi connectivity index (χ2n) is 7.06. The second kappa shape index (κ2) is 8.97. The largest absolute Gasteiger partial charge is 0.369 e. The smallest absolute Gasteiger partial charge is 0.271 e. The van der Waals surface area contributed by atoms with Crippen LogP contribution in [-0.2, 0) is 16.4 Å². The summed E-state index contributed by atoms with van der Waals surface area (Å²) in [7, 11) is -1.85. The lowest BCUT2D eigenvalue weighted by molar-refractivity contribution is -0.385. The molecule has 0 aromatic heterocycles. The van der Waals surface area contributed by atoms with E-state index in [0.717, 1.165) is 35.7 Å². The normalized spacial score (nSPS) is 11.0. The van der Waals surface area contributed by atoms with Gasteiger partial charge in [-0.15, -0.1) is 0 Å². The van der Waals surface area contributed by atoms with Crippen LogP contribution in [0, 0.1) is 10.1 Å². The van der Waals surface area contributed by atoms with Gasteiger partial charge in [-0.3, -0.25) is 14.9 Å². The molecular weight excluding hydrogens is 418 g/mol. The Labute approximate surface area is 180 Å². The predicted molar refractivity (Wildman–Crippen MR) is 119 cm³/mol. The lowest BCUT2D eigenvalue weighted by Gasteiger charge is -2.23. The van der Waals surface area contributed by atoms with E-state index in [1.807, 2.05) is 54.4 Å². The second-order valence-corrected chi connectivity index (χ2v) is 9.07. The van der Waals surface area contributed by atoms with E-state index in [2.05, 4.69) is 5.32 Å². The highest BCUT2D eigenvalue weighted by molar-refractivity contribution is 7.90. The molecular formula is C22H21N3O5S. The molecule has 0 aliphatic rings. The molecule has 3 rings (SSSR count). The fraction of sp³-hybridized carbons (Fsp3) is 0.136. The first kappa shape index (κ1) is 22.0. The maximum atomic E-state index is 12.9. The standard InChI is InChI=1S/C22H21N3O5S/c1-24(15-16-8-4-3-5-9-16)21-11-7-6-10-20(21)23-22(26)17-12-18(25(27)28)14-19(13-17)31(2,29)30/h3-14H,15H2,1-2H3,(H,23,26). The van der Waals surface area contributed by atoms with E-state index in [0.29, 0.717) is 12.2 Å². The molecule has 0 aliphatic carbocycles. The zero-order valence-corrected chi connectivity index (χ0v) is 17.8. The van der Waals surface area contributed by atoms with Gasteiger partial charge in [0.1, 0.15) is 0 Å². The Morgan fingerprint density at radius 2 is 1.68 bits per heavy atom. The lowest BCUT2D eigenvalue weighted by atomic mass is 10.1. The maximum Gasteiger partial charge on any atom is 0.271 e. The van der Waals surface area contributed by atoms with Gasteiger partial charge < -0.3 is 10.2 Å². The Bertz CT molecular complexity index is 1230. The van der Waals surface area contributed by atoms with Crippen molar-refractivity contribution in [3.05, 3.63) is 94.0 Å². The van der Waals surface area contributed by atoms with Gasteiger partial charge in [-0.1, -0.05) is 42.5 Å². The van der Waals surface area contributed by atoms with Crippen molar-refractivity contribution in [2.24, 2.45) is 0 Å². The highest BCUT2D eigenvalue weighted by Gasteiger charge is 2.20. The molecule has 9 heteroatoms. The summed E-state index contributed by atoms with van der Waals surface area (Å²) in [4.78, 5) is 25.0. The van der Waals surface area contributed by atoms with Gasteiger partial charge >= 0.3 is 0 Å². The molecule has 160 valence electrons. The summed E-state index contributed by atoms with van der Waals surface area (Å²) in [6.45, 7) is 0.600. The zero-order valence-electron chi connectivity index (χ0n) is 17.0. The van der Waals surface area contributed by atoms with Crippen LogP contribution < -0.4 is 10.2 Å². The predicted octanol–water partition coefficient (Wildman–Crippen LogP) is 3.89. The van der Waals surface area contributed by atoms with Gasteiger partial charge in [0.25, 0.3) is 11.6 Å². The van der Waals surface area contributed by atoms with E-state index in [-0.39, 0.29) is 10.5 Å². The van der Waals surface area contributed by atoms with Crippen LogP contribution in [0.5, 0.6) is 0 Å². The third-order valence-corrected chi connectivity index (χ3v) is 5.71. The number of rotatable bonds is 7. The Morgan fingerprint density at radius 1 is 1.03 bits per heavy atom. The molecule has 1 N–H and O–H groups in total. The number of nitrogens with zero attached hydrogens (tertiary/aromatic N) is 2. The van der Waals surface area contributed by atoms with Crippen LogP contribution in [0.3, 0.4) is 0 Å². The number of hydrogen-bond donors (Lipinski definition) is 1. The molecule has 31 heavy (non-hydrogen) atoms. The molecule has 0 aliphatic heterocycles. The quantitative estimate of drug-likeness (QED) is 0.442. The summed E-state index contributed by atoms with van der Waals surface area (Å²) < 4.78 is 23.8. The number of nitrogens with one attached hydrogen (secondary N) is 1. The molecule has 8 nitrogen and oxygen atoms in total. The molecule has 0 radical (unpaired) electrons. The van der Waals surface area contributed by atoms with Crippen molar-refractivity contribution in [2.45, 2.75) is 11.4 Å². The van der Waals surface area contributed by atoms with E-state index >= 15 is 0 Å². The van der Waals surface area contributed by atoms with Crippen molar-refractivity contribution in [3.63, 3.8) is 0 Å². The summed E-state index contributed by atoms with van der Waals surface area (Å²) in [5, 5.41) is 13.9. The van der Waals surface area contributed by atoms with E-state index in [1.54, 1.807) is 12.1 Å². The Hall–Kier alpha value is -3.72. The van der Waals surface area contributed by atoms with Gasteiger partial charge in [-0.05, 0) is 23.8 Å². The van der Waals surface area contributed by atoms with Crippen molar-refractivity contribution < 1.29 is 18.1 Å². The van der Waals surface area contributed by atoms with Gasteiger partial charge in [0.2, 0.25) is 0 Å². The summed E-state index contributed by atoms with van der Waals surface area (Å²) in [5.74, 6) is -0.644. The van der Waals surface area contributed by atoms with Crippen molar-refractivity contribution in [1.82, 2.24) is 0 Å². The highest BCUT2D eigenvalue weighted by Crippen LogP contribution is 2.27. The average molecular weight is 439 g/mol. The van der Waals surface area contributed by atoms with Crippen LogP contribution in [0.2, 0.25) is 0 Å². The number of sulfone groups is 1. The molecule has 0 heterocycles. The van der Waals surface area contributed by atoms with Gasteiger partial charge in [0.15, 0.2) is 9.84 Å². The van der Waals surface area contributed by atoms with Gasteiger partial charge in [-0.25, -0.2) is 8.42 Å². The molecule has 3 aromatic rings. The Morgan fingerprint density at radius 3 is 2.32 bits per heavy atom. The van der Waals surface area contributed by atoms with Crippen LogP contribution >= 0.6 is 0 Å². The highest BCUT2D eigenvalue weighted by atomic mass is 32.2. The summed E-state index contributed by atoms with van der Waals surface area (Å²) >= 11 is 0. The van der Waals surface area contributed by atoms with E-state index in [4.69, 9.17) is 0 Å². The van der Waals surface area contributed by atoms with Crippen molar-refractivity contribution in [1.29, 1.82) is 0 Å². The minimum Gasteiger partial charge on any atom is -0.369 e. The average Bonchev–Trinajstić information content (AvgIpc) is 2.73. The first-order chi connectivity index (χ1) is 14.6. The Balaban J connectivity index is 1.91. The number of para-hydroxylation sites is 2. The van der Waals surface area contributed by atoms with Gasteiger partial charge in [0.05, 0.1) is 21.2 Å². The van der Waals surface area contributed by atoms with Crippen LogP contribution in [-0.4, -0.2) is 32.6 Å². The van der Waals surface area contributed by atoms with E-state index in [9.17, 15) is 23.3 Å². The molecule has 0 saturated carbocycles. The third-order valence-electron chi connectivity index (χ3n) is 4.62. The van der Waals surface area contributed by atoms with E-state index in [1.165, 1.54) is 0 Å². The molecule has 0 spiro atoms. The van der Waals surface area contributed by atoms with Crippen molar-refractivity contribution in [3.8, 4) is 0 Å². The minimum atomic E-state index is -3.74. The van der Waals surface area contributed by atoms with Crippen LogP contribution in [0.25, 0.3) is 0 Å². The van der Waals surface area contributed by atoms with Gasteiger partial charge in [0, 0.05) is 37.5 Å². The molecule has 0 fully saturated rings. The molecule has 0 saturated heterocycles. The van der Waals surface area contributed by atoms with Gasteiger partial charge in [-0.2, -0.15) is 0 Å².